The van der Waals surface area contributed by atoms with Gasteiger partial charge in [-0.2, -0.15) is 0 Å². The zero-order valence-corrected chi connectivity index (χ0v) is 19.6. The Hall–Kier alpha value is -3.35. The van der Waals surface area contributed by atoms with Crippen molar-refractivity contribution in [2.24, 2.45) is 11.3 Å². The van der Waals surface area contributed by atoms with E-state index in [1.165, 1.54) is 11.1 Å². The Morgan fingerprint density at radius 1 is 0.943 bits per heavy atom. The molecule has 0 radical (unpaired) electrons. The van der Waals surface area contributed by atoms with Gasteiger partial charge < -0.3 is 20.1 Å². The number of hydrogen-bond donors (Lipinski definition) is 2. The molecule has 182 valence electrons. The Labute approximate surface area is 204 Å². The first-order valence-electron chi connectivity index (χ1n) is 12.6. The zero-order chi connectivity index (χ0) is 24.2. The van der Waals surface area contributed by atoms with Gasteiger partial charge >= 0.3 is 12.1 Å². The minimum absolute atomic E-state index is 0.00387. The molecule has 3 fully saturated rings. The zero-order valence-electron chi connectivity index (χ0n) is 19.6. The third-order valence-electron chi connectivity index (χ3n) is 8.54. The maximum Gasteiger partial charge on any atom is 0.407 e. The van der Waals surface area contributed by atoms with Crippen molar-refractivity contribution >= 4 is 18.0 Å². The molecule has 4 aliphatic rings. The fourth-order valence-corrected chi connectivity index (χ4v) is 6.49. The average molecular weight is 475 g/mol. The molecule has 2 saturated heterocycles. The third kappa shape index (κ3) is 3.77. The highest BCUT2D eigenvalue weighted by atomic mass is 16.5. The van der Waals surface area contributed by atoms with Crippen molar-refractivity contribution in [3.63, 3.8) is 0 Å². The van der Waals surface area contributed by atoms with E-state index in [4.69, 9.17) is 4.74 Å². The molecule has 2 heterocycles. The minimum Gasteiger partial charge on any atom is -0.481 e. The van der Waals surface area contributed by atoms with E-state index < -0.39 is 17.5 Å². The maximum absolute atomic E-state index is 13.5. The van der Waals surface area contributed by atoms with Crippen LogP contribution >= 0.6 is 0 Å². The first-order chi connectivity index (χ1) is 17.0. The lowest BCUT2D eigenvalue weighted by Crippen LogP contribution is -2.52. The molecule has 1 saturated carbocycles. The van der Waals surface area contributed by atoms with Crippen LogP contribution in [0.1, 0.15) is 55.6 Å². The van der Waals surface area contributed by atoms with Crippen molar-refractivity contribution in [3.05, 3.63) is 59.7 Å². The molecule has 6 rings (SSSR count). The highest BCUT2D eigenvalue weighted by molar-refractivity contribution is 5.87. The van der Waals surface area contributed by atoms with Gasteiger partial charge in [0.25, 0.3) is 0 Å². The number of carbonyl (C=O) groups excluding carboxylic acids is 2. The summed E-state index contributed by atoms with van der Waals surface area (Å²) in [4.78, 5) is 39.5. The van der Waals surface area contributed by atoms with Crippen LogP contribution in [0.3, 0.4) is 0 Å². The number of hydrogen-bond acceptors (Lipinski definition) is 4. The molecule has 2 N–H and O–H groups in total. The maximum atomic E-state index is 13.5. The summed E-state index contributed by atoms with van der Waals surface area (Å²) in [6, 6.07) is 16.4. The lowest BCUT2D eigenvalue weighted by molar-refractivity contribution is -0.150. The van der Waals surface area contributed by atoms with Crippen molar-refractivity contribution in [1.82, 2.24) is 10.2 Å². The Morgan fingerprint density at radius 2 is 1.51 bits per heavy atom. The molecule has 0 spiro atoms. The van der Waals surface area contributed by atoms with Crippen molar-refractivity contribution in [2.45, 2.75) is 56.5 Å². The summed E-state index contributed by atoms with van der Waals surface area (Å²) < 4.78 is 5.64. The normalized spacial score (nSPS) is 25.5. The van der Waals surface area contributed by atoms with Gasteiger partial charge in [0.15, 0.2) is 0 Å². The van der Waals surface area contributed by atoms with Crippen LogP contribution in [-0.2, 0) is 14.3 Å². The van der Waals surface area contributed by atoms with Crippen LogP contribution in [-0.4, -0.2) is 53.2 Å². The number of amides is 2. The Bertz CT molecular complexity index is 1130. The van der Waals surface area contributed by atoms with Gasteiger partial charge in [-0.15, -0.1) is 0 Å². The second-order valence-corrected chi connectivity index (χ2v) is 10.6. The standard InChI is InChI=1S/C28H30N2O5/c31-25(32)17-13-18-9-10-19(14-17)30(18)26(33)28(11-12-28)16-29-27(34)35-15-24-22-7-3-1-5-20(22)21-6-2-4-8-23(21)24/h1-8,17-19,24H,9-16H2,(H,29,34)(H,31,32). The fraction of sp³-hybridized carbons (Fsp3) is 0.464. The number of aliphatic carboxylic acids is 1. The smallest absolute Gasteiger partial charge is 0.407 e. The van der Waals surface area contributed by atoms with Gasteiger partial charge in [0.1, 0.15) is 6.61 Å². The summed E-state index contributed by atoms with van der Waals surface area (Å²) in [5, 5.41) is 12.3. The van der Waals surface area contributed by atoms with Crippen molar-refractivity contribution in [1.29, 1.82) is 0 Å². The number of rotatable bonds is 6. The summed E-state index contributed by atoms with van der Waals surface area (Å²) in [6.45, 7) is 0.508. The summed E-state index contributed by atoms with van der Waals surface area (Å²) in [5.41, 5.74) is 4.12. The van der Waals surface area contributed by atoms with Gasteiger partial charge in [0.2, 0.25) is 5.91 Å². The number of carboxylic acid groups (broad SMARTS) is 1. The van der Waals surface area contributed by atoms with Crippen LogP contribution < -0.4 is 5.32 Å². The molecule has 2 unspecified atom stereocenters. The Kier molecular flexibility index (Phi) is 5.31. The van der Waals surface area contributed by atoms with Crippen molar-refractivity contribution in [3.8, 4) is 11.1 Å². The van der Waals surface area contributed by atoms with E-state index in [1.54, 1.807) is 0 Å². The molecule has 7 nitrogen and oxygen atoms in total. The quantitative estimate of drug-likeness (QED) is 0.656. The summed E-state index contributed by atoms with van der Waals surface area (Å²) in [7, 11) is 0. The van der Waals surface area contributed by atoms with Crippen LogP contribution in [0.2, 0.25) is 0 Å². The highest BCUT2D eigenvalue weighted by Gasteiger charge is 2.56. The number of piperidine rings is 1. The van der Waals surface area contributed by atoms with Crippen LogP contribution in [0.25, 0.3) is 11.1 Å². The van der Waals surface area contributed by atoms with Gasteiger partial charge in [-0.25, -0.2) is 4.79 Å². The molecule has 2 amide bonds. The van der Waals surface area contributed by atoms with Crippen molar-refractivity contribution in [2.75, 3.05) is 13.2 Å². The minimum atomic E-state index is -0.757. The number of alkyl carbamates (subject to hydrolysis) is 1. The molecule has 2 bridgehead atoms. The average Bonchev–Trinajstić information content (AvgIpc) is 3.54. The van der Waals surface area contributed by atoms with Gasteiger partial charge in [0, 0.05) is 24.5 Å². The van der Waals surface area contributed by atoms with Crippen LogP contribution in [0.15, 0.2) is 48.5 Å². The molecule has 35 heavy (non-hydrogen) atoms. The predicted octanol–water partition coefficient (Wildman–Crippen LogP) is 4.16. The van der Waals surface area contributed by atoms with Gasteiger partial charge in [0.05, 0.1) is 11.3 Å². The van der Waals surface area contributed by atoms with E-state index >= 15 is 0 Å². The number of fused-ring (bicyclic) bond motifs is 5. The Morgan fingerprint density at radius 3 is 2.06 bits per heavy atom. The van der Waals surface area contributed by atoms with E-state index in [1.807, 2.05) is 29.2 Å². The molecule has 2 aliphatic carbocycles. The molecule has 2 aromatic rings. The summed E-state index contributed by atoms with van der Waals surface area (Å²) in [6.07, 6.45) is 3.80. The lowest BCUT2D eigenvalue weighted by Gasteiger charge is -2.39. The van der Waals surface area contributed by atoms with E-state index in [0.29, 0.717) is 12.8 Å². The number of carboxylic acids is 1. The highest BCUT2D eigenvalue weighted by Crippen LogP contribution is 2.50. The lowest BCUT2D eigenvalue weighted by atomic mass is 9.89. The molecule has 7 heteroatoms. The molecule has 2 aliphatic heterocycles. The number of benzene rings is 2. The van der Waals surface area contributed by atoms with Gasteiger partial charge in [-0.05, 0) is 60.8 Å². The predicted molar refractivity (Wildman–Crippen MR) is 129 cm³/mol. The summed E-state index contributed by atoms with van der Waals surface area (Å²) >= 11 is 0. The fourth-order valence-electron chi connectivity index (χ4n) is 6.49. The number of nitrogens with one attached hydrogen (secondary N) is 1. The van der Waals surface area contributed by atoms with E-state index in [-0.39, 0.29) is 43.0 Å². The van der Waals surface area contributed by atoms with Crippen LogP contribution in [0.4, 0.5) is 4.79 Å². The van der Waals surface area contributed by atoms with Crippen molar-refractivity contribution < 1.29 is 24.2 Å². The molecule has 2 atom stereocenters. The SMILES string of the molecule is O=C(NCC1(C(=O)N2C3CCC2CC(C(=O)O)C3)CC1)OCC1c2ccccc2-c2ccccc21. The van der Waals surface area contributed by atoms with Gasteiger partial charge in [-0.1, -0.05) is 48.5 Å². The van der Waals surface area contributed by atoms with E-state index in [0.717, 1.165) is 36.8 Å². The van der Waals surface area contributed by atoms with Crippen LogP contribution in [0.5, 0.6) is 0 Å². The third-order valence-corrected chi connectivity index (χ3v) is 8.54. The molecule has 2 aromatic carbocycles. The Balaban J connectivity index is 1.07. The number of nitrogens with zero attached hydrogens (tertiary/aromatic N) is 1. The second kappa shape index (κ2) is 8.40. The first kappa shape index (κ1) is 22.1. The number of carbonyl (C=O) groups is 3. The topological polar surface area (TPSA) is 95.9 Å². The second-order valence-electron chi connectivity index (χ2n) is 10.6. The summed E-state index contributed by atoms with van der Waals surface area (Å²) in [5.74, 6) is -1.04. The van der Waals surface area contributed by atoms with E-state index in [9.17, 15) is 19.5 Å². The monoisotopic (exact) mass is 474 g/mol. The largest absolute Gasteiger partial charge is 0.481 e. The first-order valence-corrected chi connectivity index (χ1v) is 12.6. The number of ether oxygens (including phenoxy) is 1. The van der Waals surface area contributed by atoms with Gasteiger partial charge in [-0.3, -0.25) is 9.59 Å². The van der Waals surface area contributed by atoms with E-state index in [2.05, 4.69) is 29.6 Å². The molecular weight excluding hydrogens is 444 g/mol. The molecular formula is C28H30N2O5. The van der Waals surface area contributed by atoms with Crippen LogP contribution in [0, 0.1) is 11.3 Å². The molecule has 0 aromatic heterocycles.